The number of hydrogen-bond donors (Lipinski definition) is 0. The molecule has 0 fully saturated rings. The molecule has 0 aromatic rings. The van der Waals surface area contributed by atoms with E-state index in [1.54, 1.807) is 6.92 Å². The third-order valence-electron chi connectivity index (χ3n) is 1.36. The Labute approximate surface area is 80.6 Å². The van der Waals surface area contributed by atoms with Gasteiger partial charge in [0.25, 0.3) is 0 Å². The zero-order valence-electron chi connectivity index (χ0n) is 5.65. The first-order chi connectivity index (χ1) is 5.04. The van der Waals surface area contributed by atoms with Gasteiger partial charge < -0.3 is 0 Å². The van der Waals surface area contributed by atoms with E-state index < -0.39 is 0 Å². The van der Waals surface area contributed by atoms with Crippen molar-refractivity contribution in [3.05, 3.63) is 20.6 Å². The van der Waals surface area contributed by atoms with Crippen LogP contribution in [-0.4, -0.2) is 11.6 Å². The lowest BCUT2D eigenvalue weighted by Crippen LogP contribution is -2.11. The van der Waals surface area contributed by atoms with E-state index in [0.29, 0.717) is 14.5 Å². The molecular weight excluding hydrogens is 276 g/mol. The highest BCUT2D eigenvalue weighted by atomic mass is 79.9. The number of allylic oxidation sites excluding steroid dienone is 4. The molecule has 11 heavy (non-hydrogen) atoms. The quantitative estimate of drug-likeness (QED) is 0.637. The fourth-order valence-electron chi connectivity index (χ4n) is 0.708. The Balaban J connectivity index is 3.19. The predicted octanol–water partition coefficient (Wildman–Crippen LogP) is 2.09. The molecule has 0 aromatic carbocycles. The molecule has 58 valence electrons. The molecule has 0 heterocycles. The van der Waals surface area contributed by atoms with E-state index in [9.17, 15) is 9.59 Å². The summed E-state index contributed by atoms with van der Waals surface area (Å²) in [5.74, 6) is -0.314. The molecule has 0 aliphatic heterocycles. The summed E-state index contributed by atoms with van der Waals surface area (Å²) in [6.45, 7) is 1.61. The minimum atomic E-state index is -0.172. The second-order valence-electron chi connectivity index (χ2n) is 2.12. The van der Waals surface area contributed by atoms with Crippen LogP contribution in [0.5, 0.6) is 0 Å². The molecular formula is C7H4Br2O2. The van der Waals surface area contributed by atoms with Gasteiger partial charge in [0.05, 0.1) is 8.96 Å². The molecule has 2 nitrogen and oxygen atoms in total. The molecule has 0 saturated carbocycles. The molecule has 0 aromatic heterocycles. The SMILES string of the molecule is CC1=C(Br)C(=O)C=C(Br)C1=O. The highest BCUT2D eigenvalue weighted by Gasteiger charge is 2.21. The standard InChI is InChI=1S/C7H4Br2O2/c1-3-6(9)5(10)2-4(8)7(3)11/h2H,1H3. The lowest BCUT2D eigenvalue weighted by atomic mass is 10.1. The number of Topliss-reactive ketones (excluding diaryl/α,β-unsaturated/α-hetero) is 1. The fourth-order valence-corrected chi connectivity index (χ4v) is 1.51. The van der Waals surface area contributed by atoms with E-state index in [1.165, 1.54) is 6.08 Å². The number of carbonyl (C=O) groups excluding carboxylic acids is 2. The van der Waals surface area contributed by atoms with Crippen LogP contribution in [0.15, 0.2) is 20.6 Å². The van der Waals surface area contributed by atoms with Gasteiger partial charge in [0, 0.05) is 11.6 Å². The summed E-state index contributed by atoms with van der Waals surface area (Å²) in [4.78, 5) is 22.1. The van der Waals surface area contributed by atoms with E-state index in [2.05, 4.69) is 31.9 Å². The summed E-state index contributed by atoms with van der Waals surface area (Å²) in [6.07, 6.45) is 1.26. The first kappa shape index (κ1) is 8.87. The molecule has 0 unspecified atom stereocenters. The molecule has 0 radical (unpaired) electrons. The maximum atomic E-state index is 11.1. The van der Waals surface area contributed by atoms with Crippen molar-refractivity contribution in [3.63, 3.8) is 0 Å². The van der Waals surface area contributed by atoms with Crippen molar-refractivity contribution < 1.29 is 9.59 Å². The summed E-state index contributed by atoms with van der Waals surface area (Å²) in [7, 11) is 0. The van der Waals surface area contributed by atoms with Crippen molar-refractivity contribution in [2.75, 3.05) is 0 Å². The summed E-state index contributed by atoms with van der Waals surface area (Å²) in [5.41, 5.74) is 0.448. The molecule has 0 saturated heterocycles. The summed E-state index contributed by atoms with van der Waals surface area (Å²) < 4.78 is 0.675. The second-order valence-corrected chi connectivity index (χ2v) is 3.77. The lowest BCUT2D eigenvalue weighted by Gasteiger charge is -2.07. The zero-order chi connectivity index (χ0) is 8.59. The molecule has 0 N–H and O–H groups in total. The van der Waals surface area contributed by atoms with Crippen LogP contribution in [0.2, 0.25) is 0 Å². The van der Waals surface area contributed by atoms with Crippen molar-refractivity contribution in [1.82, 2.24) is 0 Å². The van der Waals surface area contributed by atoms with Gasteiger partial charge in [-0.1, -0.05) is 0 Å². The zero-order valence-corrected chi connectivity index (χ0v) is 8.82. The Kier molecular flexibility index (Phi) is 2.44. The summed E-state index contributed by atoms with van der Waals surface area (Å²) >= 11 is 6.03. The van der Waals surface area contributed by atoms with Gasteiger partial charge in [0.1, 0.15) is 0 Å². The molecule has 0 spiro atoms. The number of carbonyl (C=O) groups is 2. The van der Waals surface area contributed by atoms with Gasteiger partial charge in [-0.2, -0.15) is 0 Å². The van der Waals surface area contributed by atoms with Gasteiger partial charge in [-0.25, -0.2) is 0 Å². The smallest absolute Gasteiger partial charge is 0.197 e. The van der Waals surface area contributed by atoms with Gasteiger partial charge in [-0.15, -0.1) is 0 Å². The number of ketones is 2. The van der Waals surface area contributed by atoms with Gasteiger partial charge >= 0.3 is 0 Å². The van der Waals surface area contributed by atoms with E-state index in [4.69, 9.17) is 0 Å². The van der Waals surface area contributed by atoms with Gasteiger partial charge in [0.15, 0.2) is 11.6 Å². The minimum Gasteiger partial charge on any atom is -0.289 e. The molecule has 1 aliphatic rings. The topological polar surface area (TPSA) is 34.1 Å². The Hall–Kier alpha value is -0.220. The normalized spacial score (nSPS) is 19.0. The average Bonchev–Trinajstić information content (AvgIpc) is 1.97. The summed E-state index contributed by atoms with van der Waals surface area (Å²) in [5, 5.41) is 0. The van der Waals surface area contributed by atoms with Crippen molar-refractivity contribution in [2.24, 2.45) is 0 Å². The Bertz CT molecular complexity index is 300. The molecule has 1 aliphatic carbocycles. The maximum Gasteiger partial charge on any atom is 0.197 e. The van der Waals surface area contributed by atoms with Crippen LogP contribution in [0, 0.1) is 0 Å². The number of hydrogen-bond acceptors (Lipinski definition) is 2. The van der Waals surface area contributed by atoms with Crippen molar-refractivity contribution in [1.29, 1.82) is 0 Å². The number of halogens is 2. The molecule has 1 rings (SSSR count). The van der Waals surface area contributed by atoms with Crippen LogP contribution >= 0.6 is 31.9 Å². The Morgan fingerprint density at radius 2 is 1.82 bits per heavy atom. The highest BCUT2D eigenvalue weighted by molar-refractivity contribution is 9.12. The van der Waals surface area contributed by atoms with Gasteiger partial charge in [0.2, 0.25) is 0 Å². The van der Waals surface area contributed by atoms with Crippen LogP contribution in [0.4, 0.5) is 0 Å². The molecule has 0 atom stereocenters. The van der Waals surface area contributed by atoms with Crippen LogP contribution in [0.25, 0.3) is 0 Å². The molecule has 0 amide bonds. The molecule has 0 bridgehead atoms. The highest BCUT2D eigenvalue weighted by Crippen LogP contribution is 2.25. The van der Waals surface area contributed by atoms with Crippen LogP contribution in [0.1, 0.15) is 6.92 Å². The fraction of sp³-hybridized carbons (Fsp3) is 0.143. The van der Waals surface area contributed by atoms with E-state index in [-0.39, 0.29) is 11.6 Å². The van der Waals surface area contributed by atoms with Crippen LogP contribution < -0.4 is 0 Å². The monoisotopic (exact) mass is 278 g/mol. The van der Waals surface area contributed by atoms with Crippen LogP contribution in [0.3, 0.4) is 0 Å². The minimum absolute atomic E-state index is 0.142. The van der Waals surface area contributed by atoms with E-state index >= 15 is 0 Å². The van der Waals surface area contributed by atoms with Gasteiger partial charge in [-0.05, 0) is 38.8 Å². The van der Waals surface area contributed by atoms with Gasteiger partial charge in [-0.3, -0.25) is 9.59 Å². The third-order valence-corrected chi connectivity index (χ3v) is 2.94. The molecule has 4 heteroatoms. The Morgan fingerprint density at radius 1 is 1.27 bits per heavy atom. The number of rotatable bonds is 0. The van der Waals surface area contributed by atoms with E-state index in [0.717, 1.165) is 0 Å². The average molecular weight is 280 g/mol. The van der Waals surface area contributed by atoms with Crippen molar-refractivity contribution in [2.45, 2.75) is 6.92 Å². The summed E-state index contributed by atoms with van der Waals surface area (Å²) in [6, 6.07) is 0. The second kappa shape index (κ2) is 3.03. The van der Waals surface area contributed by atoms with Crippen LogP contribution in [-0.2, 0) is 9.59 Å². The lowest BCUT2D eigenvalue weighted by molar-refractivity contribution is -0.114. The predicted molar refractivity (Wildman–Crippen MR) is 48.7 cm³/mol. The first-order valence-corrected chi connectivity index (χ1v) is 4.45. The third kappa shape index (κ3) is 1.51. The van der Waals surface area contributed by atoms with Crippen molar-refractivity contribution in [3.8, 4) is 0 Å². The largest absolute Gasteiger partial charge is 0.289 e. The first-order valence-electron chi connectivity index (χ1n) is 2.86. The van der Waals surface area contributed by atoms with Crippen molar-refractivity contribution >= 4 is 43.4 Å². The van der Waals surface area contributed by atoms with E-state index in [1.807, 2.05) is 0 Å². The Morgan fingerprint density at radius 3 is 2.36 bits per heavy atom. The maximum absolute atomic E-state index is 11.1.